The lowest BCUT2D eigenvalue weighted by Gasteiger charge is -2.42. The van der Waals surface area contributed by atoms with E-state index in [1.165, 1.54) is 28.2 Å². The Morgan fingerprint density at radius 1 is 0.808 bits per heavy atom. The zero-order valence-electron chi connectivity index (χ0n) is 15.7. The summed E-state index contributed by atoms with van der Waals surface area (Å²) in [5.41, 5.74) is 9.12. The van der Waals surface area contributed by atoms with Crippen LogP contribution in [0.2, 0.25) is 0 Å². The molecule has 26 heavy (non-hydrogen) atoms. The molecule has 128 valence electrons. The maximum atomic E-state index is 9.31. The van der Waals surface area contributed by atoms with E-state index in [-0.39, 0.29) is 5.41 Å². The summed E-state index contributed by atoms with van der Waals surface area (Å²) in [4.78, 5) is 2.36. The summed E-state index contributed by atoms with van der Waals surface area (Å²) in [6.07, 6.45) is 0. The van der Waals surface area contributed by atoms with Crippen molar-refractivity contribution < 1.29 is 0 Å². The molecular formula is C24H22N2. The van der Waals surface area contributed by atoms with Gasteiger partial charge in [-0.25, -0.2) is 0 Å². The number of benzene rings is 3. The molecular weight excluding hydrogens is 316 g/mol. The van der Waals surface area contributed by atoms with Crippen molar-refractivity contribution in [3.8, 4) is 6.07 Å². The molecule has 0 unspecified atom stereocenters. The highest BCUT2D eigenvalue weighted by Gasteiger charge is 2.37. The Morgan fingerprint density at radius 3 is 1.73 bits per heavy atom. The molecule has 0 atom stereocenters. The number of hydrogen-bond donors (Lipinski definition) is 0. The molecule has 4 rings (SSSR count). The van der Waals surface area contributed by atoms with Gasteiger partial charge in [0.1, 0.15) is 0 Å². The van der Waals surface area contributed by atoms with E-state index in [1.807, 2.05) is 12.1 Å². The van der Waals surface area contributed by atoms with Gasteiger partial charge in [0.25, 0.3) is 0 Å². The first-order valence-corrected chi connectivity index (χ1v) is 8.95. The zero-order valence-corrected chi connectivity index (χ0v) is 15.7. The SMILES string of the molecule is Cc1cc(C#N)cc(C)c1N1c2ccccc2C(C)(C)c2ccccc21. The summed E-state index contributed by atoms with van der Waals surface area (Å²) in [5, 5.41) is 9.31. The first-order valence-electron chi connectivity index (χ1n) is 8.95. The van der Waals surface area contributed by atoms with Crippen LogP contribution in [0.15, 0.2) is 60.7 Å². The van der Waals surface area contributed by atoms with Crippen LogP contribution in [0.1, 0.15) is 41.7 Å². The number of anilines is 3. The van der Waals surface area contributed by atoms with Gasteiger partial charge in [-0.3, -0.25) is 0 Å². The van der Waals surface area contributed by atoms with Gasteiger partial charge in [0.2, 0.25) is 0 Å². The normalized spacial score (nSPS) is 14.3. The Hall–Kier alpha value is -3.05. The lowest BCUT2D eigenvalue weighted by Crippen LogP contribution is -2.31. The van der Waals surface area contributed by atoms with E-state index >= 15 is 0 Å². The van der Waals surface area contributed by atoms with Gasteiger partial charge in [-0.2, -0.15) is 5.26 Å². The zero-order chi connectivity index (χ0) is 18.5. The number of nitrogens with zero attached hydrogens (tertiary/aromatic N) is 2. The van der Waals surface area contributed by atoms with Gasteiger partial charge in [0.15, 0.2) is 0 Å². The van der Waals surface area contributed by atoms with Crippen LogP contribution in [-0.2, 0) is 5.41 Å². The van der Waals surface area contributed by atoms with Crippen molar-refractivity contribution in [2.45, 2.75) is 33.1 Å². The van der Waals surface area contributed by atoms with E-state index < -0.39 is 0 Å². The van der Waals surface area contributed by atoms with Crippen LogP contribution in [0.25, 0.3) is 0 Å². The number of rotatable bonds is 1. The third kappa shape index (κ3) is 2.24. The fourth-order valence-corrected chi connectivity index (χ4v) is 4.28. The van der Waals surface area contributed by atoms with Gasteiger partial charge in [0.05, 0.1) is 28.7 Å². The summed E-state index contributed by atoms with van der Waals surface area (Å²) in [6.45, 7) is 8.77. The van der Waals surface area contributed by atoms with Crippen molar-refractivity contribution in [2.24, 2.45) is 0 Å². The molecule has 1 aliphatic rings. The van der Waals surface area contributed by atoms with E-state index in [9.17, 15) is 5.26 Å². The molecule has 0 spiro atoms. The summed E-state index contributed by atoms with van der Waals surface area (Å²) in [6, 6.07) is 23.5. The monoisotopic (exact) mass is 338 g/mol. The predicted molar refractivity (Wildman–Crippen MR) is 107 cm³/mol. The number of para-hydroxylation sites is 2. The lowest BCUT2D eigenvalue weighted by molar-refractivity contribution is 0.631. The maximum Gasteiger partial charge on any atom is 0.0991 e. The van der Waals surface area contributed by atoms with Crippen molar-refractivity contribution in [2.75, 3.05) is 4.90 Å². The van der Waals surface area contributed by atoms with Gasteiger partial charge in [-0.05, 0) is 60.4 Å². The molecule has 2 heteroatoms. The standard InChI is InChI=1S/C24H22N2/c1-16-13-18(15-25)14-17(2)23(16)26-21-11-7-5-9-19(21)24(3,4)20-10-6-8-12-22(20)26/h5-14H,1-4H3. The van der Waals surface area contributed by atoms with Crippen LogP contribution in [0, 0.1) is 25.2 Å². The molecule has 0 aliphatic carbocycles. The van der Waals surface area contributed by atoms with E-state index in [0.29, 0.717) is 5.56 Å². The van der Waals surface area contributed by atoms with Crippen molar-refractivity contribution in [1.29, 1.82) is 5.26 Å². The molecule has 3 aromatic rings. The van der Waals surface area contributed by atoms with Crippen LogP contribution in [0.5, 0.6) is 0 Å². The van der Waals surface area contributed by atoms with E-state index in [2.05, 4.69) is 87.2 Å². The number of fused-ring (bicyclic) bond motifs is 2. The minimum atomic E-state index is -0.0574. The predicted octanol–water partition coefficient (Wildman–Crippen LogP) is 6.28. The second kappa shape index (κ2) is 5.75. The minimum Gasteiger partial charge on any atom is -0.309 e. The van der Waals surface area contributed by atoms with Crippen LogP contribution in [0.3, 0.4) is 0 Å². The molecule has 0 saturated carbocycles. The largest absolute Gasteiger partial charge is 0.309 e. The van der Waals surface area contributed by atoms with Gasteiger partial charge in [0, 0.05) is 5.41 Å². The molecule has 3 aromatic carbocycles. The maximum absolute atomic E-state index is 9.31. The first kappa shape index (κ1) is 16.4. The van der Waals surface area contributed by atoms with Crippen LogP contribution in [0.4, 0.5) is 17.1 Å². The topological polar surface area (TPSA) is 27.0 Å². The van der Waals surface area contributed by atoms with Crippen molar-refractivity contribution in [3.05, 3.63) is 88.5 Å². The van der Waals surface area contributed by atoms with Crippen LogP contribution < -0.4 is 4.90 Å². The molecule has 2 nitrogen and oxygen atoms in total. The summed E-state index contributed by atoms with van der Waals surface area (Å²) in [7, 11) is 0. The Morgan fingerprint density at radius 2 is 1.27 bits per heavy atom. The van der Waals surface area contributed by atoms with Gasteiger partial charge in [-0.1, -0.05) is 50.2 Å². The first-order chi connectivity index (χ1) is 12.4. The fourth-order valence-electron chi connectivity index (χ4n) is 4.28. The van der Waals surface area contributed by atoms with Crippen molar-refractivity contribution in [1.82, 2.24) is 0 Å². The Kier molecular flexibility index (Phi) is 3.63. The van der Waals surface area contributed by atoms with Crippen molar-refractivity contribution in [3.63, 3.8) is 0 Å². The van der Waals surface area contributed by atoms with E-state index in [4.69, 9.17) is 0 Å². The Balaban J connectivity index is 2.07. The van der Waals surface area contributed by atoms with Crippen LogP contribution >= 0.6 is 0 Å². The van der Waals surface area contributed by atoms with Crippen LogP contribution in [-0.4, -0.2) is 0 Å². The molecule has 1 heterocycles. The van der Waals surface area contributed by atoms with E-state index in [0.717, 1.165) is 11.1 Å². The van der Waals surface area contributed by atoms with Crippen molar-refractivity contribution >= 4 is 17.1 Å². The minimum absolute atomic E-state index is 0.0574. The molecule has 0 N–H and O–H groups in total. The fraction of sp³-hybridized carbons (Fsp3) is 0.208. The second-order valence-corrected chi connectivity index (χ2v) is 7.57. The third-order valence-electron chi connectivity index (χ3n) is 5.48. The smallest absolute Gasteiger partial charge is 0.0991 e. The number of aryl methyl sites for hydroxylation is 2. The third-order valence-corrected chi connectivity index (χ3v) is 5.48. The summed E-state index contributed by atoms with van der Waals surface area (Å²) < 4.78 is 0. The molecule has 1 aliphatic heterocycles. The van der Waals surface area contributed by atoms with Gasteiger partial charge in [-0.15, -0.1) is 0 Å². The molecule has 0 fully saturated rings. The average molecular weight is 338 g/mol. The van der Waals surface area contributed by atoms with Gasteiger partial charge < -0.3 is 4.90 Å². The molecule has 0 radical (unpaired) electrons. The highest BCUT2D eigenvalue weighted by atomic mass is 15.2. The number of hydrogen-bond acceptors (Lipinski definition) is 2. The highest BCUT2D eigenvalue weighted by molar-refractivity contribution is 5.88. The molecule has 0 amide bonds. The summed E-state index contributed by atoms with van der Waals surface area (Å²) in [5.74, 6) is 0. The second-order valence-electron chi connectivity index (χ2n) is 7.57. The Labute approximate surface area is 155 Å². The van der Waals surface area contributed by atoms with E-state index in [1.54, 1.807) is 0 Å². The quantitative estimate of drug-likeness (QED) is 0.522. The van der Waals surface area contributed by atoms with Gasteiger partial charge >= 0.3 is 0 Å². The molecule has 0 saturated heterocycles. The average Bonchev–Trinajstić information content (AvgIpc) is 2.64. The number of nitriles is 1. The highest BCUT2D eigenvalue weighted by Crippen LogP contribution is 2.52. The Bertz CT molecular complexity index is 981. The molecule has 0 aromatic heterocycles. The molecule has 0 bridgehead atoms. The lowest BCUT2D eigenvalue weighted by atomic mass is 9.73. The summed E-state index contributed by atoms with van der Waals surface area (Å²) >= 11 is 0.